The predicted molar refractivity (Wildman–Crippen MR) is 103 cm³/mol. The average Bonchev–Trinajstić information content (AvgIpc) is 2.47. The molecule has 1 atom stereocenters. The van der Waals surface area contributed by atoms with Gasteiger partial charge in [0.2, 0.25) is 0 Å². The number of rotatable bonds is 6. The molecule has 0 aromatic heterocycles. The van der Waals surface area contributed by atoms with Crippen LogP contribution in [0.1, 0.15) is 34.1 Å². The first kappa shape index (κ1) is 21.3. The number of ether oxygens (including phenoxy) is 1. The molecular formula is C18H29N3O3S. The molecule has 1 rings (SSSR count). The Hall–Kier alpha value is -1.76. The van der Waals surface area contributed by atoms with Crippen LogP contribution in [-0.2, 0) is 9.53 Å². The molecule has 0 bridgehead atoms. The van der Waals surface area contributed by atoms with Crippen molar-refractivity contribution in [1.29, 1.82) is 5.41 Å². The number of carbonyl (C=O) groups excluding carboxylic acids is 2. The van der Waals surface area contributed by atoms with Crippen LogP contribution in [0, 0.1) is 11.3 Å². The molecule has 0 saturated carbocycles. The van der Waals surface area contributed by atoms with Gasteiger partial charge in [-0.3, -0.25) is 9.10 Å². The molecule has 0 heterocycles. The van der Waals surface area contributed by atoms with Crippen LogP contribution in [0.4, 0.5) is 4.79 Å². The summed E-state index contributed by atoms with van der Waals surface area (Å²) in [5, 5.41) is 8.09. The van der Waals surface area contributed by atoms with Gasteiger partial charge >= 0.3 is 6.09 Å². The molecule has 1 amide bonds. The van der Waals surface area contributed by atoms with Crippen molar-refractivity contribution in [2.75, 3.05) is 21.1 Å². The Bertz CT molecular complexity index is 594. The lowest BCUT2D eigenvalue weighted by atomic mass is 9.98. The van der Waals surface area contributed by atoms with Crippen molar-refractivity contribution in [3.05, 3.63) is 23.9 Å². The fraction of sp³-hybridized carbons (Fsp3) is 0.611. The van der Waals surface area contributed by atoms with E-state index in [9.17, 15) is 9.59 Å². The van der Waals surface area contributed by atoms with Gasteiger partial charge in [0.05, 0.1) is 10.5 Å². The zero-order valence-electron chi connectivity index (χ0n) is 16.1. The summed E-state index contributed by atoms with van der Waals surface area (Å²) in [6.45, 7) is 7.28. The van der Waals surface area contributed by atoms with Gasteiger partial charge in [0.1, 0.15) is 0 Å². The van der Waals surface area contributed by atoms with Crippen LogP contribution in [0.3, 0.4) is 0 Å². The predicted octanol–water partition coefficient (Wildman–Crippen LogP) is 3.50. The molecule has 0 saturated heterocycles. The molecule has 7 heteroatoms. The smallest absolute Gasteiger partial charge is 0.420 e. The van der Waals surface area contributed by atoms with E-state index in [1.165, 1.54) is 4.31 Å². The number of hydrogen-bond donors (Lipinski definition) is 1. The maximum atomic E-state index is 12.3. The zero-order valence-corrected chi connectivity index (χ0v) is 16.9. The van der Waals surface area contributed by atoms with Crippen molar-refractivity contribution in [2.45, 2.75) is 45.0 Å². The number of amides is 1. The van der Waals surface area contributed by atoms with Crippen molar-refractivity contribution in [3.63, 3.8) is 0 Å². The van der Waals surface area contributed by atoms with Crippen LogP contribution >= 0.6 is 11.9 Å². The van der Waals surface area contributed by atoms with Crippen molar-refractivity contribution >= 4 is 29.5 Å². The van der Waals surface area contributed by atoms with E-state index in [2.05, 4.69) is 0 Å². The highest BCUT2D eigenvalue weighted by atomic mass is 32.2. The first-order valence-corrected chi connectivity index (χ1v) is 9.01. The third-order valence-corrected chi connectivity index (χ3v) is 4.70. The minimum Gasteiger partial charge on any atom is -0.435 e. The van der Waals surface area contributed by atoms with Gasteiger partial charge in [-0.25, -0.2) is 4.79 Å². The third kappa shape index (κ3) is 6.23. The number of carbonyl (C=O) groups is 2. The maximum Gasteiger partial charge on any atom is 0.420 e. The molecule has 0 aliphatic heterocycles. The van der Waals surface area contributed by atoms with E-state index in [1.54, 1.807) is 27.0 Å². The Kier molecular flexibility index (Phi) is 7.29. The SMILES string of the molecule is CC(C)C(=O)C(C)(C)SN(C)C(=O)OC1C=CC(=CN(C)C)CC1=N. The highest BCUT2D eigenvalue weighted by Gasteiger charge is 2.34. The highest BCUT2D eigenvalue weighted by Crippen LogP contribution is 2.31. The van der Waals surface area contributed by atoms with Gasteiger partial charge in [0.25, 0.3) is 0 Å². The second-order valence-electron chi connectivity index (χ2n) is 7.15. The molecule has 0 aromatic rings. The second-order valence-corrected chi connectivity index (χ2v) is 8.90. The van der Waals surface area contributed by atoms with E-state index in [0.717, 1.165) is 17.5 Å². The topological polar surface area (TPSA) is 73.7 Å². The number of ketones is 1. The van der Waals surface area contributed by atoms with Gasteiger partial charge in [-0.05, 0) is 37.4 Å². The molecule has 6 nitrogen and oxygen atoms in total. The number of nitrogens with one attached hydrogen (secondary N) is 1. The van der Waals surface area contributed by atoms with Crippen molar-refractivity contribution in [3.8, 4) is 0 Å². The molecular weight excluding hydrogens is 338 g/mol. The highest BCUT2D eigenvalue weighted by molar-refractivity contribution is 7.99. The summed E-state index contributed by atoms with van der Waals surface area (Å²) in [5.74, 6) is -0.0378. The van der Waals surface area contributed by atoms with Gasteiger partial charge in [-0.1, -0.05) is 19.9 Å². The van der Waals surface area contributed by atoms with Gasteiger partial charge in [-0.15, -0.1) is 0 Å². The normalized spacial score (nSPS) is 19.3. The molecule has 1 unspecified atom stereocenters. The van der Waals surface area contributed by atoms with Crippen molar-refractivity contribution < 1.29 is 14.3 Å². The largest absolute Gasteiger partial charge is 0.435 e. The van der Waals surface area contributed by atoms with E-state index >= 15 is 0 Å². The van der Waals surface area contributed by atoms with Crippen LogP contribution < -0.4 is 0 Å². The van der Waals surface area contributed by atoms with Gasteiger partial charge in [-0.2, -0.15) is 0 Å². The Morgan fingerprint density at radius 1 is 1.36 bits per heavy atom. The number of allylic oxidation sites excluding steroid dienone is 2. The van der Waals surface area contributed by atoms with Crippen LogP contribution in [0.5, 0.6) is 0 Å². The summed E-state index contributed by atoms with van der Waals surface area (Å²) in [6, 6.07) is 0. The second kappa shape index (κ2) is 8.56. The first-order valence-electron chi connectivity index (χ1n) is 8.24. The molecule has 25 heavy (non-hydrogen) atoms. The Morgan fingerprint density at radius 2 is 1.96 bits per heavy atom. The quantitative estimate of drug-likeness (QED) is 0.727. The standard InChI is InChI=1S/C18H29N3O3S/c1-12(2)16(22)18(3,4)25-21(7)17(23)24-15-9-8-13(10-14(15)19)11-20(5)6/h8-9,11-12,15,19H,10H2,1-7H3. The molecule has 1 aliphatic carbocycles. The van der Waals surface area contributed by atoms with E-state index in [0.29, 0.717) is 12.1 Å². The lowest BCUT2D eigenvalue weighted by Gasteiger charge is -2.30. The van der Waals surface area contributed by atoms with E-state index in [1.807, 2.05) is 45.1 Å². The van der Waals surface area contributed by atoms with Crippen LogP contribution in [-0.4, -0.2) is 58.8 Å². The fourth-order valence-electron chi connectivity index (χ4n) is 2.54. The summed E-state index contributed by atoms with van der Waals surface area (Å²) in [4.78, 5) is 26.5. The molecule has 0 fully saturated rings. The Morgan fingerprint density at radius 3 is 2.44 bits per heavy atom. The number of Topliss-reactive ketones (excluding diaryl/α,β-unsaturated/α-hetero) is 1. The summed E-state index contributed by atoms with van der Waals surface area (Å²) < 4.78 is 6.01. The number of nitrogens with zero attached hydrogens (tertiary/aromatic N) is 2. The summed E-state index contributed by atoms with van der Waals surface area (Å²) in [5.41, 5.74) is 1.33. The van der Waals surface area contributed by atoms with Crippen molar-refractivity contribution in [1.82, 2.24) is 9.21 Å². The van der Waals surface area contributed by atoms with Crippen LogP contribution in [0.15, 0.2) is 23.9 Å². The first-order chi connectivity index (χ1) is 11.4. The van der Waals surface area contributed by atoms with E-state index in [-0.39, 0.29) is 11.7 Å². The van der Waals surface area contributed by atoms with Gasteiger partial charge in [0, 0.05) is 39.7 Å². The molecule has 140 valence electrons. The summed E-state index contributed by atoms with van der Waals surface area (Å²) in [7, 11) is 5.42. The average molecular weight is 368 g/mol. The molecule has 1 aliphatic rings. The Labute approximate surface area is 154 Å². The van der Waals surface area contributed by atoms with E-state index < -0.39 is 16.9 Å². The zero-order chi connectivity index (χ0) is 19.4. The molecule has 0 radical (unpaired) electrons. The maximum absolute atomic E-state index is 12.3. The third-order valence-electron chi connectivity index (χ3n) is 3.61. The van der Waals surface area contributed by atoms with E-state index in [4.69, 9.17) is 10.1 Å². The van der Waals surface area contributed by atoms with Gasteiger partial charge < -0.3 is 15.0 Å². The number of hydrogen-bond acceptors (Lipinski definition) is 6. The van der Waals surface area contributed by atoms with Gasteiger partial charge in [0.15, 0.2) is 11.9 Å². The minimum absolute atomic E-state index is 0.0703. The monoisotopic (exact) mass is 367 g/mol. The molecule has 0 aromatic carbocycles. The van der Waals surface area contributed by atoms with Crippen LogP contribution in [0.2, 0.25) is 0 Å². The molecule has 0 spiro atoms. The summed E-state index contributed by atoms with van der Waals surface area (Å²) in [6.07, 6.45) is 4.73. The molecule has 1 N–H and O–H groups in total. The van der Waals surface area contributed by atoms with Crippen molar-refractivity contribution in [2.24, 2.45) is 5.92 Å². The Balaban J connectivity index is 2.70. The minimum atomic E-state index is -0.723. The lowest BCUT2D eigenvalue weighted by Crippen LogP contribution is -2.38. The van der Waals surface area contributed by atoms with Crippen LogP contribution in [0.25, 0.3) is 0 Å². The fourth-order valence-corrected chi connectivity index (χ4v) is 3.67. The lowest BCUT2D eigenvalue weighted by molar-refractivity contribution is -0.123. The summed E-state index contributed by atoms with van der Waals surface area (Å²) >= 11 is 1.14.